The summed E-state index contributed by atoms with van der Waals surface area (Å²) in [4.78, 5) is 13.0. The van der Waals surface area contributed by atoms with Crippen LogP contribution in [0.4, 0.5) is 0 Å². The number of hydrogen-bond acceptors (Lipinski definition) is 2. The molecule has 0 aliphatic rings. The molecular weight excluding hydrogens is 341 g/mol. The lowest BCUT2D eigenvalue weighted by Crippen LogP contribution is -2.07. The molecule has 3 aromatic rings. The molecule has 0 radical (unpaired) electrons. The average molecular weight is 360 g/mol. The third-order valence-corrected chi connectivity index (χ3v) is 5.36. The van der Waals surface area contributed by atoms with Crippen LogP contribution in [0.15, 0.2) is 51.9 Å². The zero-order valence-corrected chi connectivity index (χ0v) is 16.2. The molecular formula is C18H19O2P3. The smallest absolute Gasteiger partial charge is 0.200 e. The Kier molecular flexibility index (Phi) is 5.27. The second-order valence-electron chi connectivity index (χ2n) is 5.42. The van der Waals surface area contributed by atoms with E-state index in [0.717, 1.165) is 35.2 Å². The van der Waals surface area contributed by atoms with Gasteiger partial charge in [-0.1, -0.05) is 30.3 Å². The largest absolute Gasteiger partial charge is 0.463 e. The minimum absolute atomic E-state index is 0.0395. The molecule has 3 unspecified atom stereocenters. The van der Waals surface area contributed by atoms with Crippen molar-refractivity contribution in [3.8, 4) is 11.1 Å². The number of rotatable bonds is 4. The van der Waals surface area contributed by atoms with Gasteiger partial charge in [0, 0.05) is 0 Å². The summed E-state index contributed by atoms with van der Waals surface area (Å²) < 4.78 is 5.80. The summed E-state index contributed by atoms with van der Waals surface area (Å²) in [5.74, 6) is 0. The summed E-state index contributed by atoms with van der Waals surface area (Å²) in [6, 6.07) is 12.1. The zero-order valence-electron chi connectivity index (χ0n) is 12.7. The van der Waals surface area contributed by atoms with Gasteiger partial charge in [-0.05, 0) is 46.8 Å². The molecule has 0 aliphatic heterocycles. The molecule has 0 aliphatic carbocycles. The summed E-state index contributed by atoms with van der Waals surface area (Å²) in [7, 11) is 8.11. The second kappa shape index (κ2) is 7.23. The fraction of sp³-hybridized carbons (Fsp3) is 0.167. The first kappa shape index (κ1) is 16.8. The molecule has 0 amide bonds. The van der Waals surface area contributed by atoms with Crippen molar-refractivity contribution in [3.63, 3.8) is 0 Å². The third kappa shape index (κ3) is 3.27. The summed E-state index contributed by atoms with van der Waals surface area (Å²) in [6.07, 6.45) is 4.06. The van der Waals surface area contributed by atoms with Crippen molar-refractivity contribution < 1.29 is 4.42 Å². The van der Waals surface area contributed by atoms with Gasteiger partial charge in [0.2, 0.25) is 5.43 Å². The van der Waals surface area contributed by atoms with Crippen LogP contribution in [0.5, 0.6) is 0 Å². The van der Waals surface area contributed by atoms with Crippen LogP contribution >= 0.6 is 27.7 Å². The van der Waals surface area contributed by atoms with Crippen LogP contribution in [0.2, 0.25) is 0 Å². The molecule has 0 saturated carbocycles. The SMILES string of the molecule is O=c1c(-c2ccc(CP)cc2)coc2cc(CP)cc(CP)c12. The Morgan fingerprint density at radius 3 is 2.17 bits per heavy atom. The van der Waals surface area contributed by atoms with Gasteiger partial charge in [-0.2, -0.15) is 0 Å². The Morgan fingerprint density at radius 1 is 0.870 bits per heavy atom. The van der Waals surface area contributed by atoms with Gasteiger partial charge in [-0.15, -0.1) is 27.7 Å². The molecule has 0 bridgehead atoms. The molecule has 1 heterocycles. The van der Waals surface area contributed by atoms with E-state index in [0.29, 0.717) is 16.5 Å². The minimum atomic E-state index is 0.0395. The van der Waals surface area contributed by atoms with E-state index in [1.165, 1.54) is 5.56 Å². The first-order valence-corrected chi connectivity index (χ1v) is 9.89. The molecule has 23 heavy (non-hydrogen) atoms. The molecule has 118 valence electrons. The highest BCUT2D eigenvalue weighted by molar-refractivity contribution is 7.15. The zero-order chi connectivity index (χ0) is 16.4. The lowest BCUT2D eigenvalue weighted by atomic mass is 10.0. The molecule has 3 rings (SSSR count). The summed E-state index contributed by atoms with van der Waals surface area (Å²) in [5, 5.41) is 0.690. The summed E-state index contributed by atoms with van der Waals surface area (Å²) in [5.41, 5.74) is 5.61. The molecule has 0 spiro atoms. The van der Waals surface area contributed by atoms with E-state index in [2.05, 4.69) is 33.8 Å². The topological polar surface area (TPSA) is 30.2 Å². The van der Waals surface area contributed by atoms with Crippen LogP contribution in [0, 0.1) is 0 Å². The van der Waals surface area contributed by atoms with Crippen molar-refractivity contribution in [1.82, 2.24) is 0 Å². The molecule has 2 aromatic carbocycles. The Morgan fingerprint density at radius 2 is 1.57 bits per heavy atom. The fourth-order valence-corrected chi connectivity index (χ4v) is 3.53. The van der Waals surface area contributed by atoms with Crippen molar-refractivity contribution in [2.45, 2.75) is 18.5 Å². The summed E-state index contributed by atoms with van der Waals surface area (Å²) >= 11 is 0. The maximum atomic E-state index is 13.0. The Labute approximate surface area is 142 Å². The van der Waals surface area contributed by atoms with Gasteiger partial charge < -0.3 is 4.42 Å². The van der Waals surface area contributed by atoms with E-state index in [-0.39, 0.29) is 5.43 Å². The minimum Gasteiger partial charge on any atom is -0.463 e. The highest BCUT2D eigenvalue weighted by atomic mass is 31.0. The first-order chi connectivity index (χ1) is 11.2. The van der Waals surface area contributed by atoms with Gasteiger partial charge in [0.1, 0.15) is 11.8 Å². The lowest BCUT2D eigenvalue weighted by molar-refractivity contribution is 0.604. The van der Waals surface area contributed by atoms with Crippen molar-refractivity contribution >= 4 is 38.7 Å². The van der Waals surface area contributed by atoms with Gasteiger partial charge in [-0.25, -0.2) is 0 Å². The number of fused-ring (bicyclic) bond motifs is 1. The van der Waals surface area contributed by atoms with E-state index in [9.17, 15) is 4.79 Å². The number of hydrogen-bond donors (Lipinski definition) is 0. The Balaban J connectivity index is 2.23. The van der Waals surface area contributed by atoms with Gasteiger partial charge in [0.05, 0.1) is 10.9 Å². The van der Waals surface area contributed by atoms with Gasteiger partial charge in [-0.3, -0.25) is 4.79 Å². The van der Waals surface area contributed by atoms with E-state index in [1.54, 1.807) is 6.26 Å². The Bertz CT molecular complexity index is 899. The van der Waals surface area contributed by atoms with Crippen LogP contribution in [0.25, 0.3) is 22.1 Å². The Hall–Kier alpha value is -1.06. The molecule has 5 heteroatoms. The number of benzene rings is 2. The van der Waals surface area contributed by atoms with Crippen LogP contribution in [-0.2, 0) is 18.5 Å². The predicted octanol–water partition coefficient (Wildman–Crippen LogP) is 4.59. The molecule has 3 atom stereocenters. The van der Waals surface area contributed by atoms with Crippen molar-refractivity contribution in [1.29, 1.82) is 0 Å². The maximum absolute atomic E-state index is 13.0. The monoisotopic (exact) mass is 360 g/mol. The van der Waals surface area contributed by atoms with Gasteiger partial charge in [0.25, 0.3) is 0 Å². The predicted molar refractivity (Wildman–Crippen MR) is 108 cm³/mol. The molecule has 1 aromatic heterocycles. The standard InChI is InChI=1S/C18H19O2P3/c19-18-15(13-3-1-11(8-21)2-4-13)7-20-16-6-12(9-22)5-14(10-23)17(16)18/h1-7H,8-10,21-23H2. The van der Waals surface area contributed by atoms with Crippen molar-refractivity contribution in [2.24, 2.45) is 0 Å². The average Bonchev–Trinajstić information content (AvgIpc) is 2.61. The van der Waals surface area contributed by atoms with Crippen LogP contribution < -0.4 is 5.43 Å². The summed E-state index contributed by atoms with van der Waals surface area (Å²) in [6.45, 7) is 0. The third-order valence-electron chi connectivity index (χ3n) is 3.98. The normalized spacial score (nSPS) is 11.1. The van der Waals surface area contributed by atoms with Crippen LogP contribution in [0.3, 0.4) is 0 Å². The molecule has 0 fully saturated rings. The first-order valence-electron chi connectivity index (χ1n) is 7.44. The fourth-order valence-electron chi connectivity index (χ4n) is 2.70. The van der Waals surface area contributed by atoms with Crippen molar-refractivity contribution in [3.05, 3.63) is 69.6 Å². The van der Waals surface area contributed by atoms with Crippen LogP contribution in [-0.4, -0.2) is 0 Å². The molecule has 0 saturated heterocycles. The molecule has 2 nitrogen and oxygen atoms in total. The van der Waals surface area contributed by atoms with E-state index < -0.39 is 0 Å². The van der Waals surface area contributed by atoms with E-state index in [4.69, 9.17) is 4.42 Å². The highest BCUT2D eigenvalue weighted by Crippen LogP contribution is 2.26. The lowest BCUT2D eigenvalue weighted by Gasteiger charge is -2.09. The van der Waals surface area contributed by atoms with Gasteiger partial charge in [0.15, 0.2) is 0 Å². The quantitative estimate of drug-likeness (QED) is 0.638. The van der Waals surface area contributed by atoms with E-state index in [1.807, 2.05) is 30.3 Å². The van der Waals surface area contributed by atoms with Crippen molar-refractivity contribution in [2.75, 3.05) is 0 Å². The highest BCUT2D eigenvalue weighted by Gasteiger charge is 2.13. The maximum Gasteiger partial charge on any atom is 0.200 e. The molecule has 0 N–H and O–H groups in total. The van der Waals surface area contributed by atoms with Crippen LogP contribution in [0.1, 0.15) is 16.7 Å². The second-order valence-corrected chi connectivity index (χ2v) is 6.64. The van der Waals surface area contributed by atoms with Gasteiger partial charge >= 0.3 is 0 Å². The van der Waals surface area contributed by atoms with E-state index >= 15 is 0 Å².